The van der Waals surface area contributed by atoms with Crippen LogP contribution in [0.2, 0.25) is 0 Å². The summed E-state index contributed by atoms with van der Waals surface area (Å²) in [6.45, 7) is 12.7. The Bertz CT molecular complexity index is 342. The van der Waals surface area contributed by atoms with Crippen molar-refractivity contribution in [2.24, 2.45) is 11.8 Å². The second-order valence-electron chi connectivity index (χ2n) is 6.90. The van der Waals surface area contributed by atoms with E-state index in [0.717, 1.165) is 12.5 Å². The van der Waals surface area contributed by atoms with E-state index in [1.807, 2.05) is 0 Å². The first-order chi connectivity index (χ1) is 9.50. The Morgan fingerprint density at radius 2 is 1.55 bits per heavy atom. The van der Waals surface area contributed by atoms with E-state index in [2.05, 4.69) is 70.3 Å². The minimum atomic E-state index is 0.615. The zero-order chi connectivity index (χ0) is 15.0. The molecule has 1 heteroatoms. The Balaban J connectivity index is 2.40. The Labute approximate surface area is 126 Å². The van der Waals surface area contributed by atoms with Crippen molar-refractivity contribution in [3.8, 4) is 0 Å². The molecule has 0 fully saturated rings. The van der Waals surface area contributed by atoms with E-state index in [1.54, 1.807) is 0 Å². The molecule has 1 nitrogen and oxygen atoms in total. The van der Waals surface area contributed by atoms with Crippen LogP contribution in [0.25, 0.3) is 0 Å². The van der Waals surface area contributed by atoms with Gasteiger partial charge in [-0.1, -0.05) is 70.9 Å². The zero-order valence-electron chi connectivity index (χ0n) is 14.0. The van der Waals surface area contributed by atoms with Crippen LogP contribution in [0.15, 0.2) is 30.3 Å². The van der Waals surface area contributed by atoms with E-state index in [4.69, 9.17) is 0 Å². The van der Waals surface area contributed by atoms with Gasteiger partial charge in [0.2, 0.25) is 0 Å². The van der Waals surface area contributed by atoms with Gasteiger partial charge in [-0.2, -0.15) is 0 Å². The fraction of sp³-hybridized carbons (Fsp3) is 0.684. The normalized spacial score (nSPS) is 14.8. The second kappa shape index (κ2) is 9.18. The second-order valence-corrected chi connectivity index (χ2v) is 6.90. The van der Waals surface area contributed by atoms with Gasteiger partial charge >= 0.3 is 0 Å². The molecule has 1 aromatic rings. The van der Waals surface area contributed by atoms with Gasteiger partial charge in [0.1, 0.15) is 0 Å². The maximum atomic E-state index is 3.74. The van der Waals surface area contributed by atoms with Crippen molar-refractivity contribution in [1.82, 2.24) is 5.32 Å². The van der Waals surface area contributed by atoms with Crippen LogP contribution in [0.4, 0.5) is 0 Å². The van der Waals surface area contributed by atoms with Crippen LogP contribution in [0, 0.1) is 11.8 Å². The van der Waals surface area contributed by atoms with Crippen molar-refractivity contribution in [2.75, 3.05) is 6.54 Å². The highest BCUT2D eigenvalue weighted by Crippen LogP contribution is 2.23. The lowest BCUT2D eigenvalue weighted by atomic mass is 9.88. The molecule has 2 atom stereocenters. The van der Waals surface area contributed by atoms with Crippen molar-refractivity contribution in [2.45, 2.75) is 65.8 Å². The average Bonchev–Trinajstić information content (AvgIpc) is 2.39. The van der Waals surface area contributed by atoms with Gasteiger partial charge in [-0.25, -0.2) is 0 Å². The molecule has 1 rings (SSSR count). The van der Waals surface area contributed by atoms with Crippen molar-refractivity contribution in [3.05, 3.63) is 35.9 Å². The molecule has 1 N–H and O–H groups in total. The average molecular weight is 275 g/mol. The van der Waals surface area contributed by atoms with Crippen molar-refractivity contribution in [3.63, 3.8) is 0 Å². The molecule has 0 saturated carbocycles. The molecule has 0 aromatic heterocycles. The van der Waals surface area contributed by atoms with E-state index in [1.165, 1.54) is 24.8 Å². The first kappa shape index (κ1) is 17.2. The van der Waals surface area contributed by atoms with Gasteiger partial charge in [-0.05, 0) is 36.7 Å². The lowest BCUT2D eigenvalue weighted by Crippen LogP contribution is -2.32. The van der Waals surface area contributed by atoms with E-state index >= 15 is 0 Å². The van der Waals surface area contributed by atoms with E-state index in [9.17, 15) is 0 Å². The van der Waals surface area contributed by atoms with Gasteiger partial charge in [0, 0.05) is 12.6 Å². The maximum absolute atomic E-state index is 3.74. The highest BCUT2D eigenvalue weighted by atomic mass is 14.9. The quantitative estimate of drug-likeness (QED) is 0.650. The van der Waals surface area contributed by atoms with Crippen LogP contribution >= 0.6 is 0 Å². The summed E-state index contributed by atoms with van der Waals surface area (Å²) in [5.74, 6) is 2.12. The summed E-state index contributed by atoms with van der Waals surface area (Å²) in [7, 11) is 0. The molecule has 114 valence electrons. The fourth-order valence-electron chi connectivity index (χ4n) is 2.70. The van der Waals surface area contributed by atoms with E-state index in [-0.39, 0.29) is 0 Å². The summed E-state index contributed by atoms with van der Waals surface area (Å²) in [5.41, 5.74) is 1.46. The maximum Gasteiger partial charge on any atom is 0.00389 e. The number of benzene rings is 1. The van der Waals surface area contributed by atoms with E-state index < -0.39 is 0 Å². The van der Waals surface area contributed by atoms with Gasteiger partial charge in [0.15, 0.2) is 0 Å². The monoisotopic (exact) mass is 275 g/mol. The topological polar surface area (TPSA) is 12.0 Å². The third kappa shape index (κ3) is 6.56. The Kier molecular flexibility index (Phi) is 7.91. The van der Waals surface area contributed by atoms with Crippen molar-refractivity contribution < 1.29 is 0 Å². The van der Waals surface area contributed by atoms with Gasteiger partial charge in [0.25, 0.3) is 0 Å². The van der Waals surface area contributed by atoms with Gasteiger partial charge in [0.05, 0.1) is 0 Å². The van der Waals surface area contributed by atoms with Crippen molar-refractivity contribution in [1.29, 1.82) is 0 Å². The third-order valence-electron chi connectivity index (χ3n) is 4.14. The smallest absolute Gasteiger partial charge is 0.00389 e. The molecular weight excluding hydrogens is 242 g/mol. The molecule has 0 aliphatic heterocycles. The van der Waals surface area contributed by atoms with Gasteiger partial charge in [-0.3, -0.25) is 0 Å². The standard InChI is InChI=1S/C19H33N/c1-15(2)10-9-11-17(5)20-14-19(16(3)4)18-12-7-6-8-13-18/h6-8,12-13,15-17,19-20H,9-11,14H2,1-5H3. The lowest BCUT2D eigenvalue weighted by molar-refractivity contribution is 0.406. The minimum absolute atomic E-state index is 0.615. The molecule has 0 heterocycles. The molecule has 0 aliphatic rings. The van der Waals surface area contributed by atoms with Crippen LogP contribution in [-0.2, 0) is 0 Å². The van der Waals surface area contributed by atoms with Crippen molar-refractivity contribution >= 4 is 0 Å². The number of rotatable bonds is 9. The molecular formula is C19H33N. The first-order valence-electron chi connectivity index (χ1n) is 8.29. The highest BCUT2D eigenvalue weighted by Gasteiger charge is 2.16. The summed E-state index contributed by atoms with van der Waals surface area (Å²) in [6, 6.07) is 11.5. The molecule has 0 bridgehead atoms. The lowest BCUT2D eigenvalue weighted by Gasteiger charge is -2.24. The predicted octanol–water partition coefficient (Wildman–Crippen LogP) is 5.23. The highest BCUT2D eigenvalue weighted by molar-refractivity contribution is 5.20. The Morgan fingerprint density at radius 1 is 0.900 bits per heavy atom. The summed E-state index contributed by atoms with van der Waals surface area (Å²) >= 11 is 0. The minimum Gasteiger partial charge on any atom is -0.314 e. The summed E-state index contributed by atoms with van der Waals surface area (Å²) in [4.78, 5) is 0. The number of hydrogen-bond acceptors (Lipinski definition) is 1. The largest absolute Gasteiger partial charge is 0.314 e. The van der Waals surface area contributed by atoms with Crippen LogP contribution < -0.4 is 5.32 Å². The predicted molar refractivity (Wildman–Crippen MR) is 90.2 cm³/mol. The van der Waals surface area contributed by atoms with Crippen LogP contribution in [0.5, 0.6) is 0 Å². The first-order valence-corrected chi connectivity index (χ1v) is 8.29. The molecule has 0 saturated heterocycles. The zero-order valence-corrected chi connectivity index (χ0v) is 14.0. The van der Waals surface area contributed by atoms with E-state index in [0.29, 0.717) is 17.9 Å². The Hall–Kier alpha value is -0.820. The fourth-order valence-corrected chi connectivity index (χ4v) is 2.70. The molecule has 0 radical (unpaired) electrons. The van der Waals surface area contributed by atoms with Gasteiger partial charge in [-0.15, -0.1) is 0 Å². The Morgan fingerprint density at radius 3 is 2.10 bits per heavy atom. The molecule has 0 amide bonds. The molecule has 0 aliphatic carbocycles. The van der Waals surface area contributed by atoms with Crippen LogP contribution in [0.3, 0.4) is 0 Å². The summed E-state index contributed by atoms with van der Waals surface area (Å²) < 4.78 is 0. The number of nitrogens with one attached hydrogen (secondary N) is 1. The summed E-state index contributed by atoms with van der Waals surface area (Å²) in [6.07, 6.45) is 3.97. The molecule has 20 heavy (non-hydrogen) atoms. The summed E-state index contributed by atoms with van der Waals surface area (Å²) in [5, 5.41) is 3.74. The van der Waals surface area contributed by atoms with Crippen LogP contribution in [0.1, 0.15) is 65.4 Å². The molecule has 1 aromatic carbocycles. The van der Waals surface area contributed by atoms with Gasteiger partial charge < -0.3 is 5.32 Å². The van der Waals surface area contributed by atoms with Crippen LogP contribution in [-0.4, -0.2) is 12.6 Å². The number of hydrogen-bond donors (Lipinski definition) is 1. The SMILES string of the molecule is CC(C)CCCC(C)NCC(c1ccccc1)C(C)C. The molecule has 0 spiro atoms. The third-order valence-corrected chi connectivity index (χ3v) is 4.14. The molecule has 2 unspecified atom stereocenters.